The zero-order valence-electron chi connectivity index (χ0n) is 19.1. The predicted octanol–water partition coefficient (Wildman–Crippen LogP) is 5.85. The fourth-order valence-corrected chi connectivity index (χ4v) is 5.22. The lowest BCUT2D eigenvalue weighted by Crippen LogP contribution is -2.44. The van der Waals surface area contributed by atoms with E-state index < -0.39 is 0 Å². The van der Waals surface area contributed by atoms with Crippen molar-refractivity contribution in [3.63, 3.8) is 0 Å². The Balaban J connectivity index is 1.41. The van der Waals surface area contributed by atoms with E-state index in [4.69, 9.17) is 5.10 Å². The van der Waals surface area contributed by atoms with Crippen molar-refractivity contribution < 1.29 is 4.39 Å². The molecule has 4 aromatic rings. The van der Waals surface area contributed by atoms with Crippen LogP contribution in [-0.2, 0) is 18.9 Å². The van der Waals surface area contributed by atoms with E-state index in [1.807, 2.05) is 23.9 Å². The molecule has 168 valence electrons. The van der Waals surface area contributed by atoms with Gasteiger partial charge in [-0.1, -0.05) is 60.7 Å². The minimum atomic E-state index is -0.224. The van der Waals surface area contributed by atoms with E-state index in [9.17, 15) is 4.39 Å². The number of hydrogen-bond donors (Lipinski definition) is 0. The molecule has 0 aliphatic carbocycles. The first-order chi connectivity index (χ1) is 16.1. The molecule has 1 aliphatic heterocycles. The van der Waals surface area contributed by atoms with Crippen molar-refractivity contribution in [1.82, 2.24) is 14.7 Å². The largest absolute Gasteiger partial charge is 0.303 e. The molecular formula is C29H30FN3. The highest BCUT2D eigenvalue weighted by Gasteiger charge is 2.40. The Bertz CT molecular complexity index is 1170. The Labute approximate surface area is 195 Å². The van der Waals surface area contributed by atoms with Crippen LogP contribution in [-0.4, -0.2) is 34.3 Å². The van der Waals surface area contributed by atoms with Gasteiger partial charge in [-0.05, 0) is 73.8 Å². The summed E-state index contributed by atoms with van der Waals surface area (Å²) in [7, 11) is 2.04. The first-order valence-electron chi connectivity index (χ1n) is 11.8. The number of rotatable bonds is 6. The zero-order valence-corrected chi connectivity index (χ0v) is 19.1. The van der Waals surface area contributed by atoms with Gasteiger partial charge in [-0.2, -0.15) is 5.10 Å². The Morgan fingerprint density at radius 2 is 1.48 bits per heavy atom. The van der Waals surface area contributed by atoms with Crippen molar-refractivity contribution in [3.8, 4) is 11.3 Å². The van der Waals surface area contributed by atoms with Crippen LogP contribution in [0.1, 0.15) is 29.7 Å². The van der Waals surface area contributed by atoms with Gasteiger partial charge in [-0.15, -0.1) is 0 Å². The molecule has 1 aliphatic rings. The van der Waals surface area contributed by atoms with Gasteiger partial charge in [0.2, 0.25) is 0 Å². The number of hydrogen-bond acceptors (Lipinski definition) is 2. The molecule has 0 spiro atoms. The molecule has 3 nitrogen and oxygen atoms in total. The summed E-state index contributed by atoms with van der Waals surface area (Å²) >= 11 is 0. The molecule has 1 aromatic heterocycles. The summed E-state index contributed by atoms with van der Waals surface area (Å²) < 4.78 is 15.5. The number of piperidine rings is 1. The molecule has 0 unspecified atom stereocenters. The highest BCUT2D eigenvalue weighted by atomic mass is 19.1. The van der Waals surface area contributed by atoms with Crippen molar-refractivity contribution >= 4 is 0 Å². The number of halogens is 1. The van der Waals surface area contributed by atoms with E-state index in [1.165, 1.54) is 29.0 Å². The number of aromatic nitrogens is 2. The second kappa shape index (κ2) is 9.32. The van der Waals surface area contributed by atoms with E-state index >= 15 is 0 Å². The molecule has 4 heteroatoms. The summed E-state index contributed by atoms with van der Waals surface area (Å²) in [6.45, 7) is 3.19. The molecule has 0 bridgehead atoms. The maximum Gasteiger partial charge on any atom is 0.123 e. The molecule has 1 saturated heterocycles. The lowest BCUT2D eigenvalue weighted by molar-refractivity contribution is 0.176. The van der Waals surface area contributed by atoms with Gasteiger partial charge in [0, 0.05) is 30.3 Å². The van der Waals surface area contributed by atoms with E-state index in [0.29, 0.717) is 0 Å². The molecule has 0 atom stereocenters. The van der Waals surface area contributed by atoms with E-state index in [1.54, 1.807) is 0 Å². The Morgan fingerprint density at radius 3 is 2.15 bits per heavy atom. The fraction of sp³-hybridized carbons (Fsp3) is 0.276. The third-order valence-corrected chi connectivity index (χ3v) is 7.11. The third kappa shape index (κ3) is 4.49. The smallest absolute Gasteiger partial charge is 0.123 e. The topological polar surface area (TPSA) is 21.1 Å². The Morgan fingerprint density at radius 1 is 0.848 bits per heavy atom. The predicted molar refractivity (Wildman–Crippen MR) is 132 cm³/mol. The zero-order chi connectivity index (χ0) is 22.7. The second-order valence-electron chi connectivity index (χ2n) is 9.07. The van der Waals surface area contributed by atoms with E-state index in [2.05, 4.69) is 71.6 Å². The minimum Gasteiger partial charge on any atom is -0.303 e. The van der Waals surface area contributed by atoms with Gasteiger partial charge in [0.15, 0.2) is 0 Å². The first-order valence-corrected chi connectivity index (χ1v) is 11.8. The standard InChI is InChI=1S/C29H30FN3/c1-32-28(22-27(31-32)24-12-14-26(30)15-13-24)29(25-10-6-3-7-11-25)17-20-33(21-18-29)19-16-23-8-4-2-5-9-23/h2-15,22H,16-21H2,1H3. The monoisotopic (exact) mass is 439 g/mol. The van der Waals surface area contributed by atoms with Crippen molar-refractivity contribution in [3.05, 3.63) is 114 Å². The van der Waals surface area contributed by atoms with Crippen LogP contribution in [0.15, 0.2) is 91.0 Å². The van der Waals surface area contributed by atoms with Gasteiger partial charge in [0.1, 0.15) is 5.82 Å². The van der Waals surface area contributed by atoms with Crippen LogP contribution in [0.4, 0.5) is 4.39 Å². The van der Waals surface area contributed by atoms with Crippen LogP contribution in [0, 0.1) is 5.82 Å². The Hall–Kier alpha value is -3.24. The molecule has 2 heterocycles. The summed E-state index contributed by atoms with van der Waals surface area (Å²) in [6.07, 6.45) is 3.18. The SMILES string of the molecule is Cn1nc(-c2ccc(F)cc2)cc1C1(c2ccccc2)CCN(CCc2ccccc2)CC1. The molecule has 0 radical (unpaired) electrons. The summed E-state index contributed by atoms with van der Waals surface area (Å²) in [5, 5.41) is 4.83. The van der Waals surface area contributed by atoms with Gasteiger partial charge >= 0.3 is 0 Å². The highest BCUT2D eigenvalue weighted by molar-refractivity contribution is 5.60. The maximum atomic E-state index is 13.4. The molecule has 5 rings (SSSR count). The number of benzene rings is 3. The second-order valence-corrected chi connectivity index (χ2v) is 9.07. The maximum absolute atomic E-state index is 13.4. The van der Waals surface area contributed by atoms with Crippen LogP contribution < -0.4 is 0 Å². The van der Waals surface area contributed by atoms with Gasteiger partial charge in [-0.25, -0.2) is 4.39 Å². The quantitative estimate of drug-likeness (QED) is 0.376. The number of aryl methyl sites for hydroxylation is 1. The van der Waals surface area contributed by atoms with Crippen LogP contribution in [0.3, 0.4) is 0 Å². The molecule has 1 fully saturated rings. The molecule has 3 aromatic carbocycles. The van der Waals surface area contributed by atoms with Crippen LogP contribution in [0.25, 0.3) is 11.3 Å². The lowest BCUT2D eigenvalue weighted by atomic mass is 9.70. The van der Waals surface area contributed by atoms with Gasteiger partial charge in [-0.3, -0.25) is 4.68 Å². The average Bonchev–Trinajstić information content (AvgIpc) is 3.27. The van der Waals surface area contributed by atoms with E-state index in [-0.39, 0.29) is 11.2 Å². The summed E-state index contributed by atoms with van der Waals surface area (Å²) in [5.41, 5.74) is 5.74. The first kappa shape index (κ1) is 21.6. The minimum absolute atomic E-state index is 0.0788. The number of nitrogens with zero attached hydrogens (tertiary/aromatic N) is 3. The third-order valence-electron chi connectivity index (χ3n) is 7.11. The summed E-state index contributed by atoms with van der Waals surface area (Å²) in [6, 6.07) is 30.4. The highest BCUT2D eigenvalue weighted by Crippen LogP contribution is 2.42. The van der Waals surface area contributed by atoms with Crippen LogP contribution in [0.5, 0.6) is 0 Å². The van der Waals surface area contributed by atoms with Crippen LogP contribution >= 0.6 is 0 Å². The Kier molecular flexibility index (Phi) is 6.10. The van der Waals surface area contributed by atoms with Crippen molar-refractivity contribution in [2.75, 3.05) is 19.6 Å². The van der Waals surface area contributed by atoms with Gasteiger partial charge in [0.25, 0.3) is 0 Å². The van der Waals surface area contributed by atoms with Crippen molar-refractivity contribution in [1.29, 1.82) is 0 Å². The van der Waals surface area contributed by atoms with E-state index in [0.717, 1.165) is 50.2 Å². The molecular weight excluding hydrogens is 409 g/mol. The molecule has 0 N–H and O–H groups in total. The fourth-order valence-electron chi connectivity index (χ4n) is 5.22. The summed E-state index contributed by atoms with van der Waals surface area (Å²) in [4.78, 5) is 2.59. The molecule has 0 amide bonds. The van der Waals surface area contributed by atoms with Gasteiger partial charge in [0.05, 0.1) is 5.69 Å². The normalized spacial score (nSPS) is 16.1. The molecule has 0 saturated carbocycles. The van der Waals surface area contributed by atoms with Gasteiger partial charge < -0.3 is 4.90 Å². The lowest BCUT2D eigenvalue weighted by Gasteiger charge is -2.42. The average molecular weight is 440 g/mol. The summed E-state index contributed by atoms with van der Waals surface area (Å²) in [5.74, 6) is -0.224. The van der Waals surface area contributed by atoms with Crippen LogP contribution in [0.2, 0.25) is 0 Å². The van der Waals surface area contributed by atoms with Crippen molar-refractivity contribution in [2.45, 2.75) is 24.7 Å². The molecule has 33 heavy (non-hydrogen) atoms. The van der Waals surface area contributed by atoms with Crippen molar-refractivity contribution in [2.24, 2.45) is 7.05 Å². The number of likely N-dealkylation sites (tertiary alicyclic amines) is 1.